The molecule has 5 rings (SSSR count). The van der Waals surface area contributed by atoms with Gasteiger partial charge in [0.05, 0.1) is 31.5 Å². The molecular formula is C34H45F6NO4. The second-order valence-electron chi connectivity index (χ2n) is 11.5. The van der Waals surface area contributed by atoms with Crippen LogP contribution < -0.4 is 4.74 Å². The van der Waals surface area contributed by atoms with Gasteiger partial charge in [-0.05, 0) is 80.2 Å². The van der Waals surface area contributed by atoms with E-state index >= 15 is 0 Å². The SMILES string of the molecule is CC.CC.COC(=O)C1CC2CCCC(C1)N2C(=O)Cc1ccc2c(C(F)(F)F)c(OC3CCC(C(F)(F)F)CC3)ccc2c1. The van der Waals surface area contributed by atoms with E-state index in [1.807, 2.05) is 32.6 Å². The number of rotatable bonds is 5. The maximum Gasteiger partial charge on any atom is 0.420 e. The Balaban J connectivity index is 0.00000133. The minimum atomic E-state index is -4.75. The average Bonchev–Trinajstić information content (AvgIpc) is 3.01. The monoisotopic (exact) mass is 645 g/mol. The molecule has 3 aliphatic rings. The third-order valence-electron chi connectivity index (χ3n) is 8.91. The zero-order valence-corrected chi connectivity index (χ0v) is 26.7. The number of piperidine rings is 2. The number of hydrogen-bond donors (Lipinski definition) is 0. The smallest absolute Gasteiger partial charge is 0.420 e. The first-order chi connectivity index (χ1) is 21.3. The summed E-state index contributed by atoms with van der Waals surface area (Å²) >= 11 is 0. The normalized spacial score (nSPS) is 24.9. The van der Waals surface area contributed by atoms with Gasteiger partial charge in [-0.15, -0.1) is 0 Å². The van der Waals surface area contributed by atoms with Gasteiger partial charge in [0, 0.05) is 12.1 Å². The number of alkyl halides is 6. The van der Waals surface area contributed by atoms with E-state index in [4.69, 9.17) is 9.47 Å². The zero-order chi connectivity index (χ0) is 33.5. The Morgan fingerprint density at radius 3 is 1.98 bits per heavy atom. The van der Waals surface area contributed by atoms with Crippen molar-refractivity contribution in [3.05, 3.63) is 41.5 Å². The van der Waals surface area contributed by atoms with E-state index in [9.17, 15) is 35.9 Å². The third kappa shape index (κ3) is 8.64. The predicted octanol–water partition coefficient (Wildman–Crippen LogP) is 9.29. The van der Waals surface area contributed by atoms with E-state index in [0.717, 1.165) is 19.3 Å². The molecule has 2 aromatic carbocycles. The molecule has 2 unspecified atom stereocenters. The fourth-order valence-corrected chi connectivity index (χ4v) is 6.96. The van der Waals surface area contributed by atoms with Crippen LogP contribution in [-0.4, -0.2) is 48.3 Å². The number of halogens is 6. The highest BCUT2D eigenvalue weighted by molar-refractivity contribution is 5.90. The molecule has 11 heteroatoms. The molecule has 0 aromatic heterocycles. The van der Waals surface area contributed by atoms with Gasteiger partial charge >= 0.3 is 18.3 Å². The molecule has 2 aromatic rings. The first kappa shape index (κ1) is 36.5. The number of ether oxygens (including phenoxy) is 2. The van der Waals surface area contributed by atoms with Gasteiger partial charge in [-0.3, -0.25) is 9.59 Å². The van der Waals surface area contributed by atoms with E-state index in [2.05, 4.69) is 0 Å². The van der Waals surface area contributed by atoms with Crippen LogP contribution >= 0.6 is 0 Å². The van der Waals surface area contributed by atoms with E-state index in [-0.39, 0.29) is 67.4 Å². The number of carbonyl (C=O) groups is 2. The Hall–Kier alpha value is -2.98. The van der Waals surface area contributed by atoms with Gasteiger partial charge in [-0.25, -0.2) is 0 Å². The van der Waals surface area contributed by atoms with Crippen molar-refractivity contribution in [2.45, 2.75) is 122 Å². The van der Waals surface area contributed by atoms with Crippen LogP contribution in [0, 0.1) is 11.8 Å². The standard InChI is InChI=1S/C30H33F6NO4.2C2H6/c1-40-28(39)19-15-21-3-2-4-22(16-19)37(21)26(38)14-17-5-11-24-18(13-17)6-12-25(27(24)30(34,35)36)41-23-9-7-20(8-10-23)29(31,32)33;2*1-2/h5-6,11-13,19-23H,2-4,7-10,14-16H2,1H3;2*1-2H3. The number of methoxy groups -OCH3 is 1. The molecule has 2 aliphatic heterocycles. The lowest BCUT2D eigenvalue weighted by Gasteiger charge is -2.48. The Kier molecular flexibility index (Phi) is 12.6. The average molecular weight is 646 g/mol. The number of benzene rings is 2. The summed E-state index contributed by atoms with van der Waals surface area (Å²) in [5.74, 6) is -2.47. The summed E-state index contributed by atoms with van der Waals surface area (Å²) in [6.45, 7) is 8.00. The van der Waals surface area contributed by atoms with Crippen LogP contribution in [0.25, 0.3) is 10.8 Å². The number of hydrogen-bond acceptors (Lipinski definition) is 4. The van der Waals surface area contributed by atoms with E-state index in [1.165, 1.54) is 31.4 Å². The molecule has 0 N–H and O–H groups in total. The Morgan fingerprint density at radius 2 is 1.44 bits per heavy atom. The lowest BCUT2D eigenvalue weighted by Crippen LogP contribution is -2.56. The van der Waals surface area contributed by atoms with E-state index in [0.29, 0.717) is 23.8 Å². The summed E-state index contributed by atoms with van der Waals surface area (Å²) in [5.41, 5.74) is -0.395. The first-order valence-corrected chi connectivity index (χ1v) is 16.1. The second kappa shape index (κ2) is 15.5. The molecule has 5 nitrogen and oxygen atoms in total. The van der Waals surface area contributed by atoms with Crippen molar-refractivity contribution >= 4 is 22.6 Å². The minimum Gasteiger partial charge on any atom is -0.490 e. The Morgan fingerprint density at radius 1 is 0.844 bits per heavy atom. The van der Waals surface area contributed by atoms with Crippen LogP contribution in [0.5, 0.6) is 5.75 Å². The molecular weight excluding hydrogens is 600 g/mol. The van der Waals surface area contributed by atoms with Crippen molar-refractivity contribution in [1.82, 2.24) is 4.90 Å². The van der Waals surface area contributed by atoms with Crippen molar-refractivity contribution in [2.24, 2.45) is 11.8 Å². The van der Waals surface area contributed by atoms with Gasteiger partial charge in [0.15, 0.2) is 0 Å². The second-order valence-corrected chi connectivity index (χ2v) is 11.5. The topological polar surface area (TPSA) is 55.8 Å². The quantitative estimate of drug-likeness (QED) is 0.240. The minimum absolute atomic E-state index is 0.0217. The van der Waals surface area contributed by atoms with Crippen molar-refractivity contribution in [3.63, 3.8) is 0 Å². The van der Waals surface area contributed by atoms with E-state index in [1.54, 1.807) is 6.07 Å². The van der Waals surface area contributed by atoms with Crippen LogP contribution in [0.2, 0.25) is 0 Å². The van der Waals surface area contributed by atoms with Gasteiger partial charge in [-0.1, -0.05) is 52.0 Å². The van der Waals surface area contributed by atoms with Crippen LogP contribution in [-0.2, 0) is 26.9 Å². The summed E-state index contributed by atoms with van der Waals surface area (Å²) in [7, 11) is 1.36. The summed E-state index contributed by atoms with van der Waals surface area (Å²) < 4.78 is 92.2. The van der Waals surface area contributed by atoms with Crippen LogP contribution in [0.4, 0.5) is 26.3 Å². The van der Waals surface area contributed by atoms with Crippen LogP contribution in [0.15, 0.2) is 30.3 Å². The van der Waals surface area contributed by atoms with Gasteiger partial charge in [-0.2, -0.15) is 26.3 Å². The fourth-order valence-electron chi connectivity index (χ4n) is 6.96. The fraction of sp³-hybridized carbons (Fsp3) is 0.647. The molecule has 2 atom stereocenters. The van der Waals surface area contributed by atoms with Crippen molar-refractivity contribution in [3.8, 4) is 5.75 Å². The van der Waals surface area contributed by atoms with Crippen molar-refractivity contribution in [2.75, 3.05) is 7.11 Å². The van der Waals surface area contributed by atoms with Crippen molar-refractivity contribution in [1.29, 1.82) is 0 Å². The number of esters is 1. The molecule has 1 saturated carbocycles. The Bertz CT molecular complexity index is 1270. The van der Waals surface area contributed by atoms with Gasteiger partial charge in [0.2, 0.25) is 5.91 Å². The van der Waals surface area contributed by atoms with Crippen molar-refractivity contribution < 1.29 is 45.4 Å². The number of nitrogens with zero attached hydrogens (tertiary/aromatic N) is 1. The predicted molar refractivity (Wildman–Crippen MR) is 161 cm³/mol. The highest BCUT2D eigenvalue weighted by atomic mass is 19.4. The number of fused-ring (bicyclic) bond motifs is 3. The van der Waals surface area contributed by atoms with Crippen LogP contribution in [0.3, 0.4) is 0 Å². The summed E-state index contributed by atoms with van der Waals surface area (Å²) in [5, 5.41) is 0.200. The molecule has 2 saturated heterocycles. The largest absolute Gasteiger partial charge is 0.490 e. The number of carbonyl (C=O) groups excluding carboxylic acids is 2. The highest BCUT2D eigenvalue weighted by Crippen LogP contribution is 2.44. The summed E-state index contributed by atoms with van der Waals surface area (Å²) in [6, 6.07) is 6.98. The third-order valence-corrected chi connectivity index (χ3v) is 8.91. The molecule has 2 heterocycles. The van der Waals surface area contributed by atoms with Gasteiger partial charge in [0.25, 0.3) is 0 Å². The van der Waals surface area contributed by atoms with Gasteiger partial charge < -0.3 is 14.4 Å². The number of amides is 1. The molecule has 1 aliphatic carbocycles. The molecule has 0 spiro atoms. The summed E-state index contributed by atoms with van der Waals surface area (Å²) in [4.78, 5) is 27.4. The zero-order valence-electron chi connectivity index (χ0n) is 26.7. The highest BCUT2D eigenvalue weighted by Gasteiger charge is 2.44. The maximum absolute atomic E-state index is 14.2. The summed E-state index contributed by atoms with van der Waals surface area (Å²) in [6.07, 6.45) is -6.43. The molecule has 0 radical (unpaired) electrons. The lowest BCUT2D eigenvalue weighted by molar-refractivity contribution is -0.185. The molecule has 3 fully saturated rings. The molecule has 45 heavy (non-hydrogen) atoms. The maximum atomic E-state index is 14.2. The molecule has 1 amide bonds. The molecule has 252 valence electrons. The van der Waals surface area contributed by atoms with E-state index < -0.39 is 35.7 Å². The van der Waals surface area contributed by atoms with Crippen LogP contribution in [0.1, 0.15) is 96.6 Å². The van der Waals surface area contributed by atoms with Gasteiger partial charge in [0.1, 0.15) is 11.3 Å². The molecule has 2 bridgehead atoms. The first-order valence-electron chi connectivity index (χ1n) is 16.1. The Labute approximate surface area is 261 Å². The lowest BCUT2D eigenvalue weighted by atomic mass is 9.78.